The second kappa shape index (κ2) is 10.7. The number of ether oxygens (including phenoxy) is 1. The quantitative estimate of drug-likeness (QED) is 0.447. The molecule has 0 aliphatic carbocycles. The average molecular weight is 534 g/mol. The van der Waals surface area contributed by atoms with Gasteiger partial charge in [0, 0.05) is 36.6 Å². The van der Waals surface area contributed by atoms with Crippen LogP contribution < -0.4 is 10.2 Å². The number of hydrazine groups is 1. The number of hydrogen-bond donors (Lipinski definition) is 1. The summed E-state index contributed by atoms with van der Waals surface area (Å²) >= 11 is 1.78. The van der Waals surface area contributed by atoms with Gasteiger partial charge in [0.15, 0.2) is 6.17 Å². The van der Waals surface area contributed by atoms with Crippen LogP contribution in [0.2, 0.25) is 0 Å². The van der Waals surface area contributed by atoms with Crippen LogP contribution in [0.3, 0.4) is 0 Å². The molecule has 1 atom stereocenters. The summed E-state index contributed by atoms with van der Waals surface area (Å²) in [6, 6.07) is 13.7. The molecule has 196 valence electrons. The minimum atomic E-state index is -4.75. The Kier molecular flexibility index (Phi) is 7.38. The highest BCUT2D eigenvalue weighted by molar-refractivity contribution is 7.97. The van der Waals surface area contributed by atoms with Gasteiger partial charge >= 0.3 is 6.36 Å². The van der Waals surface area contributed by atoms with E-state index in [-0.39, 0.29) is 17.5 Å². The molecule has 0 amide bonds. The highest BCUT2D eigenvalue weighted by atomic mass is 32.2. The Labute approximate surface area is 216 Å². The molecule has 3 heterocycles. The number of likely N-dealkylation sites (N-methyl/N-ethyl adjacent to an activating group) is 1. The van der Waals surface area contributed by atoms with E-state index in [9.17, 15) is 13.2 Å². The fourth-order valence-electron chi connectivity index (χ4n) is 3.98. The van der Waals surface area contributed by atoms with Crippen molar-refractivity contribution in [2.45, 2.75) is 30.9 Å². The molecule has 3 aromatic rings. The van der Waals surface area contributed by atoms with Crippen molar-refractivity contribution in [2.75, 3.05) is 33.2 Å². The predicted molar refractivity (Wildman–Crippen MR) is 132 cm³/mol. The third-order valence-corrected chi connectivity index (χ3v) is 7.03. The molecule has 1 unspecified atom stereocenters. The van der Waals surface area contributed by atoms with Crippen LogP contribution in [0.15, 0.2) is 62.9 Å². The van der Waals surface area contributed by atoms with Crippen LogP contribution in [0.25, 0.3) is 11.4 Å². The molecular weight excluding hydrogens is 507 g/mol. The standard InChI is InChI=1S/C24H26F3N7O2S/c1-16-28-22(23-29-21(31-36-23)18-6-8-19(9-7-18)35-24(25,26)27)30-34(16)15-17-4-3-5-20(14-17)37-33-12-10-32(2)11-13-33/h3-9,14,22,30H,10-13,15H2,1-2H3. The van der Waals surface area contributed by atoms with Crippen LogP contribution in [0.1, 0.15) is 24.5 Å². The van der Waals surface area contributed by atoms with Gasteiger partial charge in [0.2, 0.25) is 5.82 Å². The van der Waals surface area contributed by atoms with Gasteiger partial charge in [0.1, 0.15) is 11.6 Å². The van der Waals surface area contributed by atoms with Crippen molar-refractivity contribution in [3.63, 3.8) is 0 Å². The van der Waals surface area contributed by atoms with Crippen LogP contribution in [0, 0.1) is 0 Å². The number of aliphatic imine (C=N–C) groups is 1. The van der Waals surface area contributed by atoms with E-state index in [0.29, 0.717) is 12.1 Å². The zero-order chi connectivity index (χ0) is 26.0. The van der Waals surface area contributed by atoms with E-state index in [2.05, 4.69) is 65.8 Å². The fraction of sp³-hybridized carbons (Fsp3) is 0.375. The summed E-state index contributed by atoms with van der Waals surface area (Å²) in [5, 5.41) is 5.88. The molecule has 13 heteroatoms. The van der Waals surface area contributed by atoms with Gasteiger partial charge in [-0.2, -0.15) is 4.98 Å². The number of nitrogens with one attached hydrogen (secondary N) is 1. The lowest BCUT2D eigenvalue weighted by Gasteiger charge is -2.31. The van der Waals surface area contributed by atoms with Gasteiger partial charge < -0.3 is 14.2 Å². The van der Waals surface area contributed by atoms with Gasteiger partial charge in [-0.1, -0.05) is 17.3 Å². The molecule has 1 N–H and O–H groups in total. The van der Waals surface area contributed by atoms with E-state index >= 15 is 0 Å². The number of benzene rings is 2. The maximum absolute atomic E-state index is 12.4. The van der Waals surface area contributed by atoms with Crippen molar-refractivity contribution in [1.82, 2.24) is 29.8 Å². The Morgan fingerprint density at radius 1 is 1.11 bits per heavy atom. The third kappa shape index (κ3) is 6.60. The van der Waals surface area contributed by atoms with Crippen molar-refractivity contribution >= 4 is 17.8 Å². The minimum absolute atomic E-state index is 0.246. The first kappa shape index (κ1) is 25.5. The van der Waals surface area contributed by atoms with Gasteiger partial charge in [-0.3, -0.25) is 5.01 Å². The van der Waals surface area contributed by atoms with E-state index in [1.165, 1.54) is 29.2 Å². The molecule has 2 aliphatic rings. The summed E-state index contributed by atoms with van der Waals surface area (Å²) in [5.41, 5.74) is 4.91. The molecule has 0 radical (unpaired) electrons. The zero-order valence-electron chi connectivity index (χ0n) is 20.3. The van der Waals surface area contributed by atoms with Crippen LogP contribution in [0.5, 0.6) is 5.75 Å². The Balaban J connectivity index is 1.20. The van der Waals surface area contributed by atoms with E-state index in [0.717, 1.165) is 37.6 Å². The van der Waals surface area contributed by atoms with Crippen LogP contribution in [0.4, 0.5) is 13.2 Å². The number of nitrogens with zero attached hydrogens (tertiary/aromatic N) is 6. The zero-order valence-corrected chi connectivity index (χ0v) is 21.1. The lowest BCUT2D eigenvalue weighted by atomic mass is 10.2. The average Bonchev–Trinajstić information content (AvgIpc) is 3.48. The number of piperazine rings is 1. The fourth-order valence-corrected chi connectivity index (χ4v) is 4.97. The molecule has 5 rings (SSSR count). The molecule has 9 nitrogen and oxygen atoms in total. The van der Waals surface area contributed by atoms with E-state index < -0.39 is 12.5 Å². The Morgan fingerprint density at radius 3 is 2.59 bits per heavy atom. The summed E-state index contributed by atoms with van der Waals surface area (Å²) in [7, 11) is 2.15. The Morgan fingerprint density at radius 2 is 1.86 bits per heavy atom. The molecule has 2 aromatic carbocycles. The monoisotopic (exact) mass is 533 g/mol. The van der Waals surface area contributed by atoms with Gasteiger partial charge in [-0.05, 0) is 67.9 Å². The summed E-state index contributed by atoms with van der Waals surface area (Å²) in [6.45, 7) is 6.69. The number of amidine groups is 1. The molecule has 2 aliphatic heterocycles. The molecule has 0 spiro atoms. The van der Waals surface area contributed by atoms with Crippen molar-refractivity contribution in [1.29, 1.82) is 0 Å². The summed E-state index contributed by atoms with van der Waals surface area (Å²) in [5.74, 6) is 0.956. The normalized spacial score (nSPS) is 19.3. The SMILES string of the molecule is CC1=NC(c2nc(-c3ccc(OC(F)(F)F)cc3)no2)NN1Cc1cccc(SN2CCN(C)CC2)c1. The van der Waals surface area contributed by atoms with Gasteiger partial charge in [-0.25, -0.2) is 14.7 Å². The van der Waals surface area contributed by atoms with Crippen LogP contribution in [-0.4, -0.2) is 69.8 Å². The van der Waals surface area contributed by atoms with Crippen molar-refractivity contribution in [2.24, 2.45) is 4.99 Å². The van der Waals surface area contributed by atoms with Gasteiger partial charge in [-0.15, -0.1) is 13.2 Å². The highest BCUT2D eigenvalue weighted by Crippen LogP contribution is 2.28. The first-order valence-corrected chi connectivity index (χ1v) is 12.5. The largest absolute Gasteiger partial charge is 0.573 e. The molecule has 1 fully saturated rings. The second-order valence-electron chi connectivity index (χ2n) is 8.79. The molecule has 1 aromatic heterocycles. The lowest BCUT2D eigenvalue weighted by Crippen LogP contribution is -2.41. The topological polar surface area (TPSA) is 82.3 Å². The lowest BCUT2D eigenvalue weighted by molar-refractivity contribution is -0.274. The van der Waals surface area contributed by atoms with Crippen molar-refractivity contribution in [3.8, 4) is 17.1 Å². The second-order valence-corrected chi connectivity index (χ2v) is 9.96. The predicted octanol–water partition coefficient (Wildman–Crippen LogP) is 4.33. The molecule has 37 heavy (non-hydrogen) atoms. The maximum Gasteiger partial charge on any atom is 0.573 e. The van der Waals surface area contributed by atoms with E-state index in [1.54, 1.807) is 11.9 Å². The Bertz CT molecular complexity index is 1240. The number of alkyl halides is 3. The van der Waals surface area contributed by atoms with E-state index in [1.807, 2.05) is 11.9 Å². The van der Waals surface area contributed by atoms with Crippen LogP contribution in [-0.2, 0) is 6.54 Å². The first-order valence-electron chi connectivity index (χ1n) is 11.7. The summed E-state index contributed by atoms with van der Waals surface area (Å²) in [6.07, 6.45) is -5.31. The van der Waals surface area contributed by atoms with Crippen molar-refractivity contribution < 1.29 is 22.4 Å². The minimum Gasteiger partial charge on any atom is -0.406 e. The van der Waals surface area contributed by atoms with Gasteiger partial charge in [0.25, 0.3) is 5.89 Å². The molecule has 0 bridgehead atoms. The number of halogens is 3. The highest BCUT2D eigenvalue weighted by Gasteiger charge is 2.31. The number of aromatic nitrogens is 2. The summed E-state index contributed by atoms with van der Waals surface area (Å²) < 4.78 is 48.8. The van der Waals surface area contributed by atoms with Gasteiger partial charge in [0.05, 0.1) is 6.54 Å². The smallest absolute Gasteiger partial charge is 0.406 e. The first-order chi connectivity index (χ1) is 17.7. The van der Waals surface area contributed by atoms with E-state index in [4.69, 9.17) is 4.52 Å². The van der Waals surface area contributed by atoms with Crippen molar-refractivity contribution in [3.05, 3.63) is 60.0 Å². The molecular formula is C24H26F3N7O2S. The summed E-state index contributed by atoms with van der Waals surface area (Å²) in [4.78, 5) is 12.5. The van der Waals surface area contributed by atoms with Crippen LogP contribution >= 0.6 is 11.9 Å². The molecule has 0 saturated carbocycles. The maximum atomic E-state index is 12.4. The Hall–Kier alpha value is -3.13. The third-order valence-electron chi connectivity index (χ3n) is 5.94. The number of rotatable bonds is 7. The number of hydrogen-bond acceptors (Lipinski definition) is 10. The molecule has 1 saturated heterocycles.